The van der Waals surface area contributed by atoms with Crippen LogP contribution < -0.4 is 4.74 Å². The predicted molar refractivity (Wildman–Crippen MR) is 111 cm³/mol. The lowest BCUT2D eigenvalue weighted by Crippen LogP contribution is -2.54. The molecule has 1 amide bonds. The van der Waals surface area contributed by atoms with Crippen LogP contribution in [0.3, 0.4) is 0 Å². The summed E-state index contributed by atoms with van der Waals surface area (Å²) in [5.74, 6) is -1.10. The van der Waals surface area contributed by atoms with E-state index in [4.69, 9.17) is 21.4 Å². The maximum atomic E-state index is 13.1. The molecular formula is C22H24ClFN2O4. The quantitative estimate of drug-likeness (QED) is 0.724. The van der Waals surface area contributed by atoms with E-state index in [9.17, 15) is 14.0 Å². The molecule has 160 valence electrons. The smallest absolute Gasteiger partial charge is 0.307 e. The largest absolute Gasteiger partial charge is 0.483 e. The highest BCUT2D eigenvalue weighted by Crippen LogP contribution is 2.24. The number of rotatable bonds is 7. The molecule has 6 nitrogen and oxygen atoms in total. The molecular weight excluding hydrogens is 411 g/mol. The Bertz CT molecular complexity index is 907. The second-order valence-corrected chi connectivity index (χ2v) is 7.85. The number of carbonyl (C=O) groups excluding carboxylic acids is 1. The van der Waals surface area contributed by atoms with Gasteiger partial charge in [0.05, 0.1) is 6.42 Å². The van der Waals surface area contributed by atoms with Crippen molar-refractivity contribution in [1.82, 2.24) is 9.80 Å². The zero-order valence-electron chi connectivity index (χ0n) is 16.7. The average molecular weight is 435 g/mol. The maximum absolute atomic E-state index is 13.1. The summed E-state index contributed by atoms with van der Waals surface area (Å²) in [7, 11) is 0. The predicted octanol–water partition coefficient (Wildman–Crippen LogP) is 3.22. The van der Waals surface area contributed by atoms with Crippen molar-refractivity contribution in [2.24, 2.45) is 0 Å². The number of nitrogens with zero attached hydrogens (tertiary/aromatic N) is 2. The fourth-order valence-corrected chi connectivity index (χ4v) is 3.75. The van der Waals surface area contributed by atoms with Crippen LogP contribution in [0.4, 0.5) is 4.39 Å². The van der Waals surface area contributed by atoms with Crippen LogP contribution in [0.1, 0.15) is 18.1 Å². The van der Waals surface area contributed by atoms with Crippen molar-refractivity contribution >= 4 is 23.5 Å². The lowest BCUT2D eigenvalue weighted by molar-refractivity contribution is -0.138. The number of aliphatic carboxylic acids is 1. The summed E-state index contributed by atoms with van der Waals surface area (Å²) in [5.41, 5.74) is 1.50. The third-order valence-electron chi connectivity index (χ3n) is 5.07. The third kappa shape index (κ3) is 5.93. The molecule has 3 rings (SSSR count). The number of hydrogen-bond donors (Lipinski definition) is 1. The van der Waals surface area contributed by atoms with E-state index < -0.39 is 5.97 Å². The second kappa shape index (κ2) is 9.91. The summed E-state index contributed by atoms with van der Waals surface area (Å²) < 4.78 is 18.7. The summed E-state index contributed by atoms with van der Waals surface area (Å²) in [6.45, 7) is 4.45. The Balaban J connectivity index is 1.55. The topological polar surface area (TPSA) is 70.1 Å². The minimum absolute atomic E-state index is 0.00634. The molecule has 8 heteroatoms. The van der Waals surface area contributed by atoms with Crippen molar-refractivity contribution in [1.29, 1.82) is 0 Å². The van der Waals surface area contributed by atoms with Gasteiger partial charge < -0.3 is 14.7 Å². The summed E-state index contributed by atoms with van der Waals surface area (Å²) in [6.07, 6.45) is -0.209. The fraction of sp³-hybridized carbons (Fsp3) is 0.364. The third-order valence-corrected chi connectivity index (χ3v) is 5.31. The Hall–Kier alpha value is -2.64. The molecule has 1 aliphatic heterocycles. The molecule has 2 aromatic carbocycles. The number of amides is 1. The molecule has 0 radical (unpaired) electrons. The van der Waals surface area contributed by atoms with E-state index in [-0.39, 0.29) is 30.8 Å². The zero-order chi connectivity index (χ0) is 21.7. The van der Waals surface area contributed by atoms with Crippen LogP contribution in [0.25, 0.3) is 0 Å². The highest BCUT2D eigenvalue weighted by molar-refractivity contribution is 6.30. The molecule has 0 aliphatic carbocycles. The number of carboxylic acid groups (broad SMARTS) is 1. The monoisotopic (exact) mass is 434 g/mol. The Morgan fingerprint density at radius 2 is 1.93 bits per heavy atom. The molecule has 1 heterocycles. The van der Waals surface area contributed by atoms with E-state index >= 15 is 0 Å². The first-order chi connectivity index (χ1) is 14.3. The van der Waals surface area contributed by atoms with Gasteiger partial charge in [0.25, 0.3) is 5.91 Å². The highest BCUT2D eigenvalue weighted by atomic mass is 35.5. The van der Waals surface area contributed by atoms with Gasteiger partial charge in [0.1, 0.15) is 11.6 Å². The number of benzene rings is 2. The van der Waals surface area contributed by atoms with E-state index in [0.717, 1.165) is 5.56 Å². The molecule has 0 bridgehead atoms. The Morgan fingerprint density at radius 1 is 1.20 bits per heavy atom. The first kappa shape index (κ1) is 22.1. The van der Waals surface area contributed by atoms with Crippen molar-refractivity contribution in [3.8, 4) is 5.75 Å². The lowest BCUT2D eigenvalue weighted by Gasteiger charge is -2.39. The van der Waals surface area contributed by atoms with Gasteiger partial charge in [-0.3, -0.25) is 14.5 Å². The van der Waals surface area contributed by atoms with Gasteiger partial charge in [-0.25, -0.2) is 4.39 Å². The van der Waals surface area contributed by atoms with Gasteiger partial charge in [-0.2, -0.15) is 0 Å². The standard InChI is InChI=1S/C22H24ClFN2O4/c1-15-12-25(13-16-2-6-19(24)7-3-16)8-9-26(15)21(27)14-30-20-11-18(23)5-4-17(20)10-22(28)29/h2-7,11,15H,8-10,12-14H2,1H3,(H,28,29). The number of carbonyl (C=O) groups is 2. The van der Waals surface area contributed by atoms with Gasteiger partial charge in [0.2, 0.25) is 0 Å². The van der Waals surface area contributed by atoms with Crippen LogP contribution >= 0.6 is 11.6 Å². The van der Waals surface area contributed by atoms with Gasteiger partial charge in [-0.05, 0) is 36.8 Å². The van der Waals surface area contributed by atoms with Gasteiger partial charge in [-0.15, -0.1) is 0 Å². The molecule has 1 N–H and O–H groups in total. The second-order valence-electron chi connectivity index (χ2n) is 7.41. The molecule has 0 aromatic heterocycles. The van der Waals surface area contributed by atoms with Gasteiger partial charge >= 0.3 is 5.97 Å². The van der Waals surface area contributed by atoms with E-state index in [0.29, 0.717) is 42.5 Å². The number of piperazine rings is 1. The Kier molecular flexibility index (Phi) is 7.29. The molecule has 1 unspecified atom stereocenters. The highest BCUT2D eigenvalue weighted by Gasteiger charge is 2.27. The van der Waals surface area contributed by atoms with Gasteiger partial charge in [0, 0.05) is 42.8 Å². The summed E-state index contributed by atoms with van der Waals surface area (Å²) >= 11 is 5.98. The molecule has 1 atom stereocenters. The van der Waals surface area contributed by atoms with E-state index in [1.165, 1.54) is 18.2 Å². The van der Waals surface area contributed by atoms with E-state index in [1.54, 1.807) is 29.2 Å². The fourth-order valence-electron chi connectivity index (χ4n) is 3.59. The molecule has 2 aromatic rings. The van der Waals surface area contributed by atoms with Crippen molar-refractivity contribution in [3.05, 3.63) is 64.4 Å². The first-order valence-corrected chi connectivity index (χ1v) is 10.1. The Labute approximate surface area is 179 Å². The van der Waals surface area contributed by atoms with Crippen LogP contribution in [0.15, 0.2) is 42.5 Å². The molecule has 0 saturated carbocycles. The summed E-state index contributed by atoms with van der Waals surface area (Å²) in [5, 5.41) is 9.45. The normalized spacial score (nSPS) is 17.0. The number of hydrogen-bond acceptors (Lipinski definition) is 4. The number of carboxylic acids is 1. The maximum Gasteiger partial charge on any atom is 0.307 e. The zero-order valence-corrected chi connectivity index (χ0v) is 17.4. The average Bonchev–Trinajstić information content (AvgIpc) is 2.69. The number of halogens is 2. The molecule has 1 fully saturated rings. The van der Waals surface area contributed by atoms with Gasteiger partial charge in [0.15, 0.2) is 6.61 Å². The molecule has 1 aliphatic rings. The van der Waals surface area contributed by atoms with Crippen molar-refractivity contribution in [2.75, 3.05) is 26.2 Å². The van der Waals surface area contributed by atoms with Crippen LogP contribution in [-0.4, -0.2) is 59.1 Å². The number of ether oxygens (including phenoxy) is 1. The molecule has 0 spiro atoms. The van der Waals surface area contributed by atoms with Gasteiger partial charge in [-0.1, -0.05) is 29.8 Å². The molecule has 30 heavy (non-hydrogen) atoms. The van der Waals surface area contributed by atoms with Crippen molar-refractivity contribution < 1.29 is 23.8 Å². The van der Waals surface area contributed by atoms with E-state index in [2.05, 4.69) is 4.90 Å². The van der Waals surface area contributed by atoms with Crippen molar-refractivity contribution in [3.63, 3.8) is 0 Å². The Morgan fingerprint density at radius 3 is 2.60 bits per heavy atom. The van der Waals surface area contributed by atoms with Crippen LogP contribution in [0.5, 0.6) is 5.75 Å². The minimum atomic E-state index is -0.987. The van der Waals surface area contributed by atoms with Crippen LogP contribution in [0, 0.1) is 5.82 Å². The minimum Gasteiger partial charge on any atom is -0.483 e. The summed E-state index contributed by atoms with van der Waals surface area (Å²) in [4.78, 5) is 27.7. The SMILES string of the molecule is CC1CN(Cc2ccc(F)cc2)CCN1C(=O)COc1cc(Cl)ccc1CC(=O)O. The molecule has 1 saturated heterocycles. The lowest BCUT2D eigenvalue weighted by atomic mass is 10.1. The van der Waals surface area contributed by atoms with Crippen LogP contribution in [-0.2, 0) is 22.6 Å². The van der Waals surface area contributed by atoms with Crippen molar-refractivity contribution in [2.45, 2.75) is 25.9 Å². The van der Waals surface area contributed by atoms with E-state index in [1.807, 2.05) is 6.92 Å². The summed E-state index contributed by atoms with van der Waals surface area (Å²) in [6, 6.07) is 11.1. The van der Waals surface area contributed by atoms with Crippen LogP contribution in [0.2, 0.25) is 5.02 Å². The first-order valence-electron chi connectivity index (χ1n) is 9.71.